The Morgan fingerprint density at radius 2 is 2.15 bits per heavy atom. The smallest absolute Gasteiger partial charge is 0.334 e. The fraction of sp³-hybridized carbons (Fsp3) is 0.769. The number of nitro groups is 1. The third kappa shape index (κ3) is 2.92. The second kappa shape index (κ2) is 5.78. The molecule has 0 atom stereocenters. The standard InChI is InChI=1S/C13H23N5O2/c1-4-5-10-11(18(19)20)12(17(3)16-10)15-13(2)6-8-14-9-7-13/h14-15H,4-9H2,1-3H3. The molecule has 7 nitrogen and oxygen atoms in total. The van der Waals surface area contributed by atoms with E-state index in [0.717, 1.165) is 32.4 Å². The highest BCUT2D eigenvalue weighted by atomic mass is 16.6. The molecule has 112 valence electrons. The van der Waals surface area contributed by atoms with Gasteiger partial charge in [0.2, 0.25) is 5.82 Å². The van der Waals surface area contributed by atoms with Crippen molar-refractivity contribution in [2.45, 2.75) is 45.1 Å². The van der Waals surface area contributed by atoms with Crippen molar-refractivity contribution in [3.05, 3.63) is 15.8 Å². The molecule has 0 aromatic carbocycles. The molecule has 1 saturated heterocycles. The molecule has 0 bridgehead atoms. The number of nitrogens with one attached hydrogen (secondary N) is 2. The average molecular weight is 281 g/mol. The first kappa shape index (κ1) is 14.8. The summed E-state index contributed by atoms with van der Waals surface area (Å²) in [7, 11) is 1.76. The van der Waals surface area contributed by atoms with Gasteiger partial charge in [-0.2, -0.15) is 5.10 Å². The summed E-state index contributed by atoms with van der Waals surface area (Å²) in [6.07, 6.45) is 3.36. The van der Waals surface area contributed by atoms with Crippen molar-refractivity contribution in [3.8, 4) is 0 Å². The van der Waals surface area contributed by atoms with E-state index in [0.29, 0.717) is 17.9 Å². The number of anilines is 1. The van der Waals surface area contributed by atoms with Crippen molar-refractivity contribution in [2.75, 3.05) is 18.4 Å². The molecule has 0 saturated carbocycles. The van der Waals surface area contributed by atoms with Gasteiger partial charge in [0.15, 0.2) is 0 Å². The Morgan fingerprint density at radius 1 is 1.50 bits per heavy atom. The zero-order valence-corrected chi connectivity index (χ0v) is 12.4. The van der Waals surface area contributed by atoms with E-state index in [2.05, 4.69) is 22.7 Å². The quantitative estimate of drug-likeness (QED) is 0.635. The van der Waals surface area contributed by atoms with Crippen LogP contribution in [0, 0.1) is 10.1 Å². The minimum atomic E-state index is -0.315. The van der Waals surface area contributed by atoms with Gasteiger partial charge >= 0.3 is 5.69 Å². The van der Waals surface area contributed by atoms with Crippen molar-refractivity contribution in [3.63, 3.8) is 0 Å². The molecule has 0 spiro atoms. The van der Waals surface area contributed by atoms with Crippen LogP contribution in [0.3, 0.4) is 0 Å². The van der Waals surface area contributed by atoms with E-state index in [9.17, 15) is 10.1 Å². The van der Waals surface area contributed by atoms with Crippen LogP contribution >= 0.6 is 0 Å². The van der Waals surface area contributed by atoms with Crippen LogP contribution in [0.2, 0.25) is 0 Å². The Labute approximate surface area is 118 Å². The summed E-state index contributed by atoms with van der Waals surface area (Å²) >= 11 is 0. The normalized spacial score (nSPS) is 17.9. The van der Waals surface area contributed by atoms with Crippen molar-refractivity contribution in [1.82, 2.24) is 15.1 Å². The van der Waals surface area contributed by atoms with E-state index >= 15 is 0 Å². The van der Waals surface area contributed by atoms with E-state index in [1.54, 1.807) is 11.7 Å². The lowest BCUT2D eigenvalue weighted by Gasteiger charge is -2.35. The molecular weight excluding hydrogens is 258 g/mol. The summed E-state index contributed by atoms with van der Waals surface area (Å²) in [5, 5.41) is 22.4. The minimum Gasteiger partial charge on any atom is -0.359 e. The highest BCUT2D eigenvalue weighted by Gasteiger charge is 2.33. The maximum Gasteiger partial charge on any atom is 0.334 e. The lowest BCUT2D eigenvalue weighted by Crippen LogP contribution is -2.45. The Kier molecular flexibility index (Phi) is 4.27. The molecule has 2 N–H and O–H groups in total. The maximum absolute atomic E-state index is 11.4. The van der Waals surface area contributed by atoms with E-state index in [-0.39, 0.29) is 16.1 Å². The molecule has 0 amide bonds. The minimum absolute atomic E-state index is 0.118. The van der Waals surface area contributed by atoms with Gasteiger partial charge in [-0.15, -0.1) is 0 Å². The third-order valence-electron chi connectivity index (χ3n) is 3.89. The molecule has 1 aromatic heterocycles. The molecule has 0 unspecified atom stereocenters. The number of hydrogen-bond acceptors (Lipinski definition) is 5. The van der Waals surface area contributed by atoms with Crippen LogP contribution in [0.15, 0.2) is 0 Å². The molecular formula is C13H23N5O2. The highest BCUT2D eigenvalue weighted by molar-refractivity contribution is 5.61. The van der Waals surface area contributed by atoms with Gasteiger partial charge in [-0.3, -0.25) is 10.1 Å². The van der Waals surface area contributed by atoms with Crippen LogP contribution in [-0.2, 0) is 13.5 Å². The van der Waals surface area contributed by atoms with Crippen molar-refractivity contribution in [2.24, 2.45) is 7.05 Å². The summed E-state index contributed by atoms with van der Waals surface area (Å²) in [5.41, 5.74) is 0.585. The second-order valence-corrected chi connectivity index (χ2v) is 5.71. The molecule has 1 aliphatic rings. The van der Waals surface area contributed by atoms with E-state index < -0.39 is 0 Å². The van der Waals surface area contributed by atoms with Crippen molar-refractivity contribution in [1.29, 1.82) is 0 Å². The number of aryl methyl sites for hydroxylation is 2. The molecule has 7 heteroatoms. The first-order valence-electron chi connectivity index (χ1n) is 7.16. The van der Waals surface area contributed by atoms with Crippen LogP contribution in [0.4, 0.5) is 11.5 Å². The van der Waals surface area contributed by atoms with Crippen LogP contribution < -0.4 is 10.6 Å². The summed E-state index contributed by atoms with van der Waals surface area (Å²) in [6.45, 7) is 5.97. The van der Waals surface area contributed by atoms with Gasteiger partial charge in [0.25, 0.3) is 0 Å². The van der Waals surface area contributed by atoms with Gasteiger partial charge in [-0.1, -0.05) is 13.3 Å². The van der Waals surface area contributed by atoms with Crippen LogP contribution in [-0.4, -0.2) is 33.3 Å². The van der Waals surface area contributed by atoms with Crippen LogP contribution in [0.5, 0.6) is 0 Å². The molecule has 2 heterocycles. The Hall–Kier alpha value is -1.63. The van der Waals surface area contributed by atoms with Crippen LogP contribution in [0.25, 0.3) is 0 Å². The van der Waals surface area contributed by atoms with Crippen molar-refractivity contribution >= 4 is 11.5 Å². The predicted octanol–water partition coefficient (Wildman–Crippen LogP) is 1.83. The van der Waals surface area contributed by atoms with E-state index in [1.807, 2.05) is 6.92 Å². The molecule has 0 aliphatic carbocycles. The molecule has 1 fully saturated rings. The zero-order valence-electron chi connectivity index (χ0n) is 12.4. The molecule has 2 rings (SSSR count). The first-order chi connectivity index (χ1) is 9.47. The summed E-state index contributed by atoms with van der Waals surface area (Å²) in [6, 6.07) is 0. The fourth-order valence-corrected chi connectivity index (χ4v) is 2.69. The maximum atomic E-state index is 11.4. The van der Waals surface area contributed by atoms with Gasteiger partial charge in [0.1, 0.15) is 5.69 Å². The predicted molar refractivity (Wildman–Crippen MR) is 78.0 cm³/mol. The SMILES string of the molecule is CCCc1nn(C)c(NC2(C)CCNCC2)c1[N+](=O)[O-]. The Balaban J connectivity index is 2.32. The fourth-order valence-electron chi connectivity index (χ4n) is 2.69. The third-order valence-corrected chi connectivity index (χ3v) is 3.89. The van der Waals surface area contributed by atoms with E-state index in [1.165, 1.54) is 0 Å². The number of rotatable bonds is 5. The van der Waals surface area contributed by atoms with Gasteiger partial charge in [0.05, 0.1) is 4.92 Å². The lowest BCUT2D eigenvalue weighted by atomic mass is 9.90. The molecule has 1 aromatic rings. The summed E-state index contributed by atoms with van der Waals surface area (Å²) in [5.74, 6) is 0.530. The van der Waals surface area contributed by atoms with Crippen LogP contribution in [0.1, 0.15) is 38.8 Å². The monoisotopic (exact) mass is 281 g/mol. The van der Waals surface area contributed by atoms with Gasteiger partial charge < -0.3 is 10.6 Å². The lowest BCUT2D eigenvalue weighted by molar-refractivity contribution is -0.384. The Morgan fingerprint density at radius 3 is 2.70 bits per heavy atom. The second-order valence-electron chi connectivity index (χ2n) is 5.71. The van der Waals surface area contributed by atoms with Crippen molar-refractivity contribution < 1.29 is 4.92 Å². The Bertz CT molecular complexity index is 491. The zero-order chi connectivity index (χ0) is 14.8. The van der Waals surface area contributed by atoms with Gasteiger partial charge in [0, 0.05) is 12.6 Å². The molecule has 1 aliphatic heterocycles. The largest absolute Gasteiger partial charge is 0.359 e. The number of nitrogens with zero attached hydrogens (tertiary/aromatic N) is 3. The molecule has 0 radical (unpaired) electrons. The number of hydrogen-bond donors (Lipinski definition) is 2. The number of piperidine rings is 1. The summed E-state index contributed by atoms with van der Waals surface area (Å²) in [4.78, 5) is 11.1. The first-order valence-corrected chi connectivity index (χ1v) is 7.16. The highest BCUT2D eigenvalue weighted by Crippen LogP contribution is 2.33. The molecule has 20 heavy (non-hydrogen) atoms. The average Bonchev–Trinajstić information content (AvgIpc) is 2.66. The van der Waals surface area contributed by atoms with Gasteiger partial charge in [-0.25, -0.2) is 4.68 Å². The summed E-state index contributed by atoms with van der Waals surface area (Å²) < 4.78 is 1.61. The number of aromatic nitrogens is 2. The van der Waals surface area contributed by atoms with E-state index in [4.69, 9.17) is 0 Å². The van der Waals surface area contributed by atoms with Gasteiger partial charge in [-0.05, 0) is 39.3 Å². The topological polar surface area (TPSA) is 85.0 Å².